The van der Waals surface area contributed by atoms with Gasteiger partial charge in [0, 0.05) is 25.7 Å². The van der Waals surface area contributed by atoms with Gasteiger partial charge in [-0.15, -0.1) is 0 Å². The van der Waals surface area contributed by atoms with Gasteiger partial charge in [-0.25, -0.2) is 9.78 Å². The minimum Gasteiger partial charge on any atom is -0.478 e. The number of aryl methyl sites for hydroxylation is 1. The van der Waals surface area contributed by atoms with E-state index in [0.717, 1.165) is 5.56 Å². The lowest BCUT2D eigenvalue weighted by Crippen LogP contribution is -2.22. The Balaban J connectivity index is 2.59. The van der Waals surface area contributed by atoms with E-state index in [1.165, 1.54) is 6.92 Å². The molecule has 1 aromatic rings. The van der Waals surface area contributed by atoms with Crippen molar-refractivity contribution in [3.05, 3.63) is 22.4 Å². The molecule has 0 aromatic carbocycles. The number of aromatic nitrogens is 1. The maximum atomic E-state index is 11.3. The highest BCUT2D eigenvalue weighted by atomic mass is 16.4. The lowest BCUT2D eigenvalue weighted by molar-refractivity contribution is -0.129. The second-order valence-corrected chi connectivity index (χ2v) is 4.09. The summed E-state index contributed by atoms with van der Waals surface area (Å²) in [5.41, 5.74) is 7.74. The molecule has 90 valence electrons. The lowest BCUT2D eigenvalue weighted by Gasteiger charge is -2.11. The van der Waals surface area contributed by atoms with Crippen LogP contribution in [0.5, 0.6) is 0 Å². The summed E-state index contributed by atoms with van der Waals surface area (Å²) in [5, 5.41) is 9.12. The van der Waals surface area contributed by atoms with E-state index in [-0.39, 0.29) is 17.3 Å². The van der Waals surface area contributed by atoms with Gasteiger partial charge in [0.2, 0.25) is 5.91 Å². The average Bonchev–Trinajstić information content (AvgIpc) is 2.61. The molecule has 6 nitrogen and oxygen atoms in total. The van der Waals surface area contributed by atoms with Crippen LogP contribution in [0.15, 0.2) is 0 Å². The fraction of sp³-hybridized carbons (Fsp3) is 0.364. The lowest BCUT2D eigenvalue weighted by atomic mass is 10.0. The van der Waals surface area contributed by atoms with Gasteiger partial charge in [-0.3, -0.25) is 4.79 Å². The molecular formula is C11H13N3O3. The Labute approximate surface area is 98.1 Å². The van der Waals surface area contributed by atoms with Crippen molar-refractivity contribution in [2.75, 3.05) is 5.73 Å². The van der Waals surface area contributed by atoms with Gasteiger partial charge in [0.15, 0.2) is 0 Å². The second kappa shape index (κ2) is 3.73. The van der Waals surface area contributed by atoms with Crippen LogP contribution < -0.4 is 5.73 Å². The summed E-state index contributed by atoms with van der Waals surface area (Å²) in [6.07, 6.45) is 0. The first kappa shape index (κ1) is 11.4. The second-order valence-electron chi connectivity index (χ2n) is 4.09. The molecule has 0 fully saturated rings. The summed E-state index contributed by atoms with van der Waals surface area (Å²) in [6.45, 7) is 3.92. The van der Waals surface area contributed by atoms with Crippen LogP contribution in [0.4, 0.5) is 5.82 Å². The van der Waals surface area contributed by atoms with E-state index in [2.05, 4.69) is 4.98 Å². The molecule has 0 saturated carbocycles. The number of nitrogens with two attached hydrogens (primary N) is 1. The van der Waals surface area contributed by atoms with E-state index in [9.17, 15) is 9.59 Å². The Hall–Kier alpha value is -2.11. The third-order valence-corrected chi connectivity index (χ3v) is 3.00. The maximum Gasteiger partial charge on any atom is 0.339 e. The summed E-state index contributed by atoms with van der Waals surface area (Å²) >= 11 is 0. The number of fused-ring (bicyclic) bond motifs is 1. The summed E-state index contributed by atoms with van der Waals surface area (Å²) in [7, 11) is 0. The van der Waals surface area contributed by atoms with Crippen LogP contribution in [0.1, 0.15) is 34.1 Å². The van der Waals surface area contributed by atoms with Crippen molar-refractivity contribution in [3.63, 3.8) is 0 Å². The molecule has 1 aromatic heterocycles. The maximum absolute atomic E-state index is 11.3. The smallest absolute Gasteiger partial charge is 0.339 e. The molecule has 0 aliphatic carbocycles. The number of hydrogen-bond donors (Lipinski definition) is 2. The van der Waals surface area contributed by atoms with Crippen LogP contribution in [0.25, 0.3) is 0 Å². The SMILES string of the molecule is CC(=O)N1Cc2c(C)nc(N)c(C(=O)O)c2C1. The average molecular weight is 235 g/mol. The molecule has 2 rings (SSSR count). The number of rotatable bonds is 1. The quantitative estimate of drug-likeness (QED) is 0.740. The van der Waals surface area contributed by atoms with E-state index >= 15 is 0 Å². The number of carboxylic acids is 1. The highest BCUT2D eigenvalue weighted by Crippen LogP contribution is 2.30. The molecule has 0 saturated heterocycles. The third-order valence-electron chi connectivity index (χ3n) is 3.00. The van der Waals surface area contributed by atoms with Crippen molar-refractivity contribution in [2.45, 2.75) is 26.9 Å². The monoisotopic (exact) mass is 235 g/mol. The van der Waals surface area contributed by atoms with Crippen molar-refractivity contribution in [2.24, 2.45) is 0 Å². The Morgan fingerprint density at radius 1 is 1.35 bits per heavy atom. The van der Waals surface area contributed by atoms with Crippen LogP contribution in [-0.4, -0.2) is 26.9 Å². The molecule has 17 heavy (non-hydrogen) atoms. The molecule has 0 radical (unpaired) electrons. The van der Waals surface area contributed by atoms with E-state index in [1.54, 1.807) is 11.8 Å². The number of carbonyl (C=O) groups is 2. The molecule has 1 aliphatic rings. The van der Waals surface area contributed by atoms with Gasteiger partial charge in [0.25, 0.3) is 0 Å². The van der Waals surface area contributed by atoms with Crippen molar-refractivity contribution in [3.8, 4) is 0 Å². The predicted molar refractivity (Wildman–Crippen MR) is 60.3 cm³/mol. The van der Waals surface area contributed by atoms with E-state index in [0.29, 0.717) is 24.3 Å². The largest absolute Gasteiger partial charge is 0.478 e. The van der Waals surface area contributed by atoms with Gasteiger partial charge in [0.1, 0.15) is 11.4 Å². The normalized spacial score (nSPS) is 13.6. The topological polar surface area (TPSA) is 96.5 Å². The first-order chi connectivity index (χ1) is 7.91. The molecule has 3 N–H and O–H groups in total. The van der Waals surface area contributed by atoms with Crippen LogP contribution in [0.3, 0.4) is 0 Å². The molecule has 1 aliphatic heterocycles. The fourth-order valence-corrected chi connectivity index (χ4v) is 2.11. The zero-order chi connectivity index (χ0) is 12.7. The highest BCUT2D eigenvalue weighted by Gasteiger charge is 2.29. The molecule has 6 heteroatoms. The van der Waals surface area contributed by atoms with Gasteiger partial charge in [-0.1, -0.05) is 0 Å². The van der Waals surface area contributed by atoms with E-state index in [1.807, 2.05) is 0 Å². The zero-order valence-corrected chi connectivity index (χ0v) is 9.65. The Bertz CT molecular complexity index is 525. The van der Waals surface area contributed by atoms with Crippen molar-refractivity contribution in [1.82, 2.24) is 9.88 Å². The number of nitrogen functional groups attached to an aromatic ring is 1. The first-order valence-electron chi connectivity index (χ1n) is 5.18. The molecule has 2 heterocycles. The molecule has 0 spiro atoms. The number of carboxylic acid groups (broad SMARTS) is 1. The summed E-state index contributed by atoms with van der Waals surface area (Å²) in [5.74, 6) is -1.17. The van der Waals surface area contributed by atoms with Crippen LogP contribution >= 0.6 is 0 Å². The molecule has 0 bridgehead atoms. The van der Waals surface area contributed by atoms with Gasteiger partial charge in [-0.2, -0.15) is 0 Å². The Morgan fingerprint density at radius 3 is 2.47 bits per heavy atom. The van der Waals surface area contributed by atoms with Gasteiger partial charge < -0.3 is 15.7 Å². The molecule has 1 amide bonds. The van der Waals surface area contributed by atoms with Crippen molar-refractivity contribution < 1.29 is 14.7 Å². The van der Waals surface area contributed by atoms with Crippen LogP contribution in [-0.2, 0) is 17.9 Å². The van der Waals surface area contributed by atoms with Crippen LogP contribution in [0, 0.1) is 6.92 Å². The van der Waals surface area contributed by atoms with Gasteiger partial charge in [0.05, 0.1) is 0 Å². The molecule has 0 unspecified atom stereocenters. The van der Waals surface area contributed by atoms with E-state index < -0.39 is 5.97 Å². The van der Waals surface area contributed by atoms with Crippen LogP contribution in [0.2, 0.25) is 0 Å². The predicted octanol–water partition coefficient (Wildman–Crippen LogP) is 0.533. The highest BCUT2D eigenvalue weighted by molar-refractivity contribution is 5.95. The van der Waals surface area contributed by atoms with Crippen molar-refractivity contribution >= 4 is 17.7 Å². The third kappa shape index (κ3) is 1.71. The summed E-state index contributed by atoms with van der Waals surface area (Å²) < 4.78 is 0. The molecule has 0 atom stereocenters. The fourth-order valence-electron chi connectivity index (χ4n) is 2.11. The van der Waals surface area contributed by atoms with E-state index in [4.69, 9.17) is 10.8 Å². The Morgan fingerprint density at radius 2 is 1.94 bits per heavy atom. The van der Waals surface area contributed by atoms with Crippen molar-refractivity contribution in [1.29, 1.82) is 0 Å². The zero-order valence-electron chi connectivity index (χ0n) is 9.65. The summed E-state index contributed by atoms with van der Waals surface area (Å²) in [4.78, 5) is 28.1. The number of anilines is 1. The number of amides is 1. The minimum atomic E-state index is -1.10. The van der Waals surface area contributed by atoms with Gasteiger partial charge in [-0.05, 0) is 18.1 Å². The van der Waals surface area contributed by atoms with Gasteiger partial charge >= 0.3 is 5.97 Å². The Kier molecular flexibility index (Phi) is 2.49. The number of pyridine rings is 1. The first-order valence-corrected chi connectivity index (χ1v) is 5.18. The molecular weight excluding hydrogens is 222 g/mol. The number of nitrogens with zero attached hydrogens (tertiary/aromatic N) is 2. The number of hydrogen-bond acceptors (Lipinski definition) is 4. The number of carbonyl (C=O) groups excluding carboxylic acids is 1. The number of aromatic carboxylic acids is 1. The summed E-state index contributed by atoms with van der Waals surface area (Å²) in [6, 6.07) is 0. The standard InChI is InChI=1S/C11H13N3O3/c1-5-7-3-14(6(2)15)4-8(7)9(11(16)17)10(12)13-5/h3-4H2,1-2H3,(H2,12,13)(H,16,17). The minimum absolute atomic E-state index is 0.0131.